The average molecular weight is 400 g/mol. The molecule has 0 aliphatic heterocycles. The lowest BCUT2D eigenvalue weighted by Gasteiger charge is -2.09. The predicted octanol–water partition coefficient (Wildman–Crippen LogP) is 4.17. The van der Waals surface area contributed by atoms with Crippen LogP contribution < -0.4 is 15.4 Å². The van der Waals surface area contributed by atoms with Crippen LogP contribution in [0.3, 0.4) is 0 Å². The number of benzene rings is 2. The van der Waals surface area contributed by atoms with Gasteiger partial charge < -0.3 is 15.4 Å². The molecule has 0 heterocycles. The van der Waals surface area contributed by atoms with Gasteiger partial charge in [-0.15, -0.1) is 0 Å². The zero-order valence-electron chi connectivity index (χ0n) is 15.4. The van der Waals surface area contributed by atoms with Crippen LogP contribution in [0.25, 0.3) is 0 Å². The number of rotatable bonds is 10. The minimum atomic E-state index is -0.196. The standard InChI is InChI=1S/C21H22ClN3O3/c22-17-10-8-16(9-11-17)21(27)24-13-4-7-20(26)25-18-5-3-6-19(15-18)28-14-2-1-12-23/h3,5-6,8-11,15H,1-2,4,7,13-14H2,(H,24,27)(H,25,26). The number of ether oxygens (including phenoxy) is 1. The topological polar surface area (TPSA) is 91.2 Å². The Morgan fingerprint density at radius 1 is 1.11 bits per heavy atom. The van der Waals surface area contributed by atoms with Gasteiger partial charge in [0, 0.05) is 41.7 Å². The van der Waals surface area contributed by atoms with E-state index in [1.54, 1.807) is 48.5 Å². The molecule has 0 saturated heterocycles. The van der Waals surface area contributed by atoms with Gasteiger partial charge in [-0.05, 0) is 49.2 Å². The van der Waals surface area contributed by atoms with Gasteiger partial charge in [0.05, 0.1) is 12.7 Å². The molecule has 0 aliphatic carbocycles. The Morgan fingerprint density at radius 2 is 1.89 bits per heavy atom. The van der Waals surface area contributed by atoms with Crippen molar-refractivity contribution in [2.24, 2.45) is 0 Å². The first kappa shape index (κ1) is 21.3. The van der Waals surface area contributed by atoms with Crippen LogP contribution in [0, 0.1) is 11.3 Å². The van der Waals surface area contributed by atoms with Crippen LogP contribution in [-0.4, -0.2) is 25.0 Å². The number of nitriles is 1. The van der Waals surface area contributed by atoms with E-state index in [0.29, 0.717) is 54.4 Å². The van der Waals surface area contributed by atoms with Gasteiger partial charge >= 0.3 is 0 Å². The van der Waals surface area contributed by atoms with Crippen LogP contribution in [-0.2, 0) is 4.79 Å². The van der Waals surface area contributed by atoms with Crippen molar-refractivity contribution in [1.82, 2.24) is 5.32 Å². The summed E-state index contributed by atoms with van der Waals surface area (Å²) in [4.78, 5) is 24.0. The lowest BCUT2D eigenvalue weighted by atomic mass is 10.2. The number of amides is 2. The van der Waals surface area contributed by atoms with E-state index in [0.717, 1.165) is 0 Å². The molecule has 0 bridgehead atoms. The van der Waals surface area contributed by atoms with E-state index in [1.165, 1.54) is 0 Å². The van der Waals surface area contributed by atoms with E-state index in [1.807, 2.05) is 0 Å². The van der Waals surface area contributed by atoms with Crippen molar-refractivity contribution >= 4 is 29.1 Å². The number of carbonyl (C=O) groups excluding carboxylic acids is 2. The van der Waals surface area contributed by atoms with Crippen molar-refractivity contribution < 1.29 is 14.3 Å². The van der Waals surface area contributed by atoms with Gasteiger partial charge in [-0.2, -0.15) is 5.26 Å². The molecule has 0 fully saturated rings. The van der Waals surface area contributed by atoms with Gasteiger partial charge in [-0.1, -0.05) is 17.7 Å². The van der Waals surface area contributed by atoms with Crippen molar-refractivity contribution in [2.75, 3.05) is 18.5 Å². The molecular weight excluding hydrogens is 378 g/mol. The lowest BCUT2D eigenvalue weighted by molar-refractivity contribution is -0.116. The smallest absolute Gasteiger partial charge is 0.251 e. The van der Waals surface area contributed by atoms with Crippen molar-refractivity contribution in [3.05, 3.63) is 59.1 Å². The molecule has 2 rings (SSSR count). The molecule has 146 valence electrons. The summed E-state index contributed by atoms with van der Waals surface area (Å²) in [5.74, 6) is 0.312. The zero-order chi connectivity index (χ0) is 20.2. The largest absolute Gasteiger partial charge is 0.493 e. The predicted molar refractivity (Wildman–Crippen MR) is 108 cm³/mol. The number of anilines is 1. The van der Waals surface area contributed by atoms with E-state index >= 15 is 0 Å². The summed E-state index contributed by atoms with van der Waals surface area (Å²) >= 11 is 5.80. The summed E-state index contributed by atoms with van der Waals surface area (Å²) in [5.41, 5.74) is 1.17. The summed E-state index contributed by atoms with van der Waals surface area (Å²) < 4.78 is 5.55. The number of carbonyl (C=O) groups is 2. The van der Waals surface area contributed by atoms with Crippen LogP contribution in [0.15, 0.2) is 48.5 Å². The maximum absolute atomic E-state index is 12.1. The quantitative estimate of drug-likeness (QED) is 0.586. The Bertz CT molecular complexity index is 832. The molecule has 2 amide bonds. The first-order chi connectivity index (χ1) is 13.6. The minimum absolute atomic E-state index is 0.137. The van der Waals surface area contributed by atoms with Gasteiger partial charge in [-0.3, -0.25) is 9.59 Å². The van der Waals surface area contributed by atoms with Gasteiger partial charge in [0.25, 0.3) is 5.91 Å². The zero-order valence-corrected chi connectivity index (χ0v) is 16.2. The van der Waals surface area contributed by atoms with Crippen molar-refractivity contribution in [2.45, 2.75) is 25.7 Å². The molecule has 28 heavy (non-hydrogen) atoms. The summed E-state index contributed by atoms with van der Waals surface area (Å²) in [6, 6.07) is 15.8. The van der Waals surface area contributed by atoms with Crippen LogP contribution >= 0.6 is 11.6 Å². The van der Waals surface area contributed by atoms with E-state index < -0.39 is 0 Å². The number of unbranched alkanes of at least 4 members (excludes halogenated alkanes) is 1. The second kappa shape index (κ2) is 11.6. The summed E-state index contributed by atoms with van der Waals surface area (Å²) in [5, 5.41) is 14.7. The molecule has 0 radical (unpaired) electrons. The fourth-order valence-corrected chi connectivity index (χ4v) is 2.51. The third-order valence-electron chi connectivity index (χ3n) is 3.79. The van der Waals surface area contributed by atoms with E-state index in [-0.39, 0.29) is 18.2 Å². The molecule has 0 atom stereocenters. The van der Waals surface area contributed by atoms with E-state index in [4.69, 9.17) is 21.6 Å². The second-order valence-electron chi connectivity index (χ2n) is 6.05. The average Bonchev–Trinajstić information content (AvgIpc) is 2.69. The highest BCUT2D eigenvalue weighted by Crippen LogP contribution is 2.18. The normalized spacial score (nSPS) is 10.0. The minimum Gasteiger partial charge on any atom is -0.493 e. The summed E-state index contributed by atoms with van der Waals surface area (Å²) in [6.07, 6.45) is 1.92. The van der Waals surface area contributed by atoms with Gasteiger partial charge in [-0.25, -0.2) is 0 Å². The highest BCUT2D eigenvalue weighted by Gasteiger charge is 2.07. The van der Waals surface area contributed by atoms with Crippen LogP contribution in [0.1, 0.15) is 36.0 Å². The van der Waals surface area contributed by atoms with Crippen LogP contribution in [0.4, 0.5) is 5.69 Å². The van der Waals surface area contributed by atoms with Gasteiger partial charge in [0.15, 0.2) is 0 Å². The molecule has 2 aromatic rings. The highest BCUT2D eigenvalue weighted by molar-refractivity contribution is 6.30. The van der Waals surface area contributed by atoms with Crippen molar-refractivity contribution in [3.63, 3.8) is 0 Å². The molecular formula is C21H22ClN3O3. The fourth-order valence-electron chi connectivity index (χ4n) is 2.38. The molecule has 2 aromatic carbocycles. The maximum atomic E-state index is 12.1. The molecule has 2 N–H and O–H groups in total. The number of halogens is 1. The van der Waals surface area contributed by atoms with Crippen molar-refractivity contribution in [3.8, 4) is 11.8 Å². The number of nitrogens with one attached hydrogen (secondary N) is 2. The Balaban J connectivity index is 1.68. The Kier molecular flexibility index (Phi) is 8.83. The molecule has 0 saturated carbocycles. The maximum Gasteiger partial charge on any atom is 0.251 e. The molecule has 6 nitrogen and oxygen atoms in total. The van der Waals surface area contributed by atoms with Crippen LogP contribution in [0.5, 0.6) is 5.75 Å². The monoisotopic (exact) mass is 399 g/mol. The Labute approximate surface area is 169 Å². The number of hydrogen-bond donors (Lipinski definition) is 2. The van der Waals surface area contributed by atoms with E-state index in [2.05, 4.69) is 16.7 Å². The Hall–Kier alpha value is -3.04. The molecule has 0 spiro atoms. The first-order valence-corrected chi connectivity index (χ1v) is 9.39. The third-order valence-corrected chi connectivity index (χ3v) is 4.04. The van der Waals surface area contributed by atoms with Crippen molar-refractivity contribution in [1.29, 1.82) is 5.26 Å². The van der Waals surface area contributed by atoms with Gasteiger partial charge in [0.1, 0.15) is 5.75 Å². The molecule has 7 heteroatoms. The third kappa shape index (κ3) is 7.68. The first-order valence-electron chi connectivity index (χ1n) is 9.02. The molecule has 0 aromatic heterocycles. The Morgan fingerprint density at radius 3 is 2.64 bits per heavy atom. The van der Waals surface area contributed by atoms with Gasteiger partial charge in [0.2, 0.25) is 5.91 Å². The molecule has 0 unspecified atom stereocenters. The second-order valence-corrected chi connectivity index (χ2v) is 6.49. The number of hydrogen-bond acceptors (Lipinski definition) is 4. The SMILES string of the molecule is N#CCCCOc1cccc(NC(=O)CCCNC(=O)c2ccc(Cl)cc2)c1. The summed E-state index contributed by atoms with van der Waals surface area (Å²) in [7, 11) is 0. The lowest BCUT2D eigenvalue weighted by Crippen LogP contribution is -2.25. The highest BCUT2D eigenvalue weighted by atomic mass is 35.5. The number of nitrogens with zero attached hydrogens (tertiary/aromatic N) is 1. The molecule has 0 aliphatic rings. The van der Waals surface area contributed by atoms with Crippen LogP contribution in [0.2, 0.25) is 5.02 Å². The fraction of sp³-hybridized carbons (Fsp3) is 0.286. The summed E-state index contributed by atoms with van der Waals surface area (Å²) in [6.45, 7) is 0.856. The van der Waals surface area contributed by atoms with E-state index in [9.17, 15) is 9.59 Å².